The SMILES string of the molecule is COc1ccc(-c2noc(COC(=O)COc3ccc(OCc4ccccc4)cc3)n2)cc1. The van der Waals surface area contributed by atoms with Gasteiger partial charge in [-0.2, -0.15) is 4.98 Å². The molecule has 4 rings (SSSR count). The van der Waals surface area contributed by atoms with E-state index in [1.165, 1.54) is 0 Å². The zero-order chi connectivity index (χ0) is 22.9. The molecule has 0 N–H and O–H groups in total. The summed E-state index contributed by atoms with van der Waals surface area (Å²) in [5, 5.41) is 3.89. The Kier molecular flexibility index (Phi) is 7.17. The van der Waals surface area contributed by atoms with Gasteiger partial charge >= 0.3 is 5.97 Å². The van der Waals surface area contributed by atoms with Crippen LogP contribution in [0.5, 0.6) is 17.2 Å². The second-order valence-corrected chi connectivity index (χ2v) is 6.94. The lowest BCUT2D eigenvalue weighted by molar-refractivity contribution is -0.148. The number of carbonyl (C=O) groups is 1. The molecule has 1 aromatic heterocycles. The van der Waals surface area contributed by atoms with Crippen molar-refractivity contribution in [3.63, 3.8) is 0 Å². The number of carbonyl (C=O) groups excluding carboxylic acids is 1. The second kappa shape index (κ2) is 10.8. The van der Waals surface area contributed by atoms with Crippen molar-refractivity contribution in [3.8, 4) is 28.6 Å². The highest BCUT2D eigenvalue weighted by molar-refractivity contribution is 5.71. The molecule has 0 aliphatic carbocycles. The fraction of sp³-hybridized carbons (Fsp3) is 0.160. The standard InChI is InChI=1S/C25H22N2O6/c1-29-20-9-7-19(8-10-20)25-26-23(33-27-25)16-32-24(28)17-31-22-13-11-21(12-14-22)30-15-18-5-3-2-4-6-18/h2-14H,15-17H2,1H3. The monoisotopic (exact) mass is 446 g/mol. The summed E-state index contributed by atoms with van der Waals surface area (Å²) >= 11 is 0. The lowest BCUT2D eigenvalue weighted by atomic mass is 10.2. The number of benzene rings is 3. The van der Waals surface area contributed by atoms with Gasteiger partial charge in [0.1, 0.15) is 23.9 Å². The summed E-state index contributed by atoms with van der Waals surface area (Å²) in [5.41, 5.74) is 1.84. The van der Waals surface area contributed by atoms with E-state index in [0.717, 1.165) is 16.9 Å². The fourth-order valence-electron chi connectivity index (χ4n) is 2.87. The molecule has 0 saturated carbocycles. The maximum absolute atomic E-state index is 12.0. The number of esters is 1. The summed E-state index contributed by atoms with van der Waals surface area (Å²) in [4.78, 5) is 16.2. The van der Waals surface area contributed by atoms with Crippen LogP contribution in [0.1, 0.15) is 11.5 Å². The molecule has 0 amide bonds. The molecule has 0 aliphatic heterocycles. The topological polar surface area (TPSA) is 92.9 Å². The minimum atomic E-state index is -0.552. The van der Waals surface area contributed by atoms with E-state index in [1.807, 2.05) is 42.5 Å². The van der Waals surface area contributed by atoms with Gasteiger partial charge in [-0.15, -0.1) is 0 Å². The van der Waals surface area contributed by atoms with E-state index >= 15 is 0 Å². The first-order chi connectivity index (χ1) is 16.2. The van der Waals surface area contributed by atoms with E-state index in [4.69, 9.17) is 23.5 Å². The first-order valence-electron chi connectivity index (χ1n) is 10.2. The van der Waals surface area contributed by atoms with Crippen LogP contribution in [0.3, 0.4) is 0 Å². The highest BCUT2D eigenvalue weighted by Gasteiger charge is 2.12. The first-order valence-corrected chi connectivity index (χ1v) is 10.2. The minimum absolute atomic E-state index is 0.141. The molecule has 0 unspecified atom stereocenters. The van der Waals surface area contributed by atoms with E-state index in [1.54, 1.807) is 43.5 Å². The maximum Gasteiger partial charge on any atom is 0.344 e. The number of nitrogens with zero attached hydrogens (tertiary/aromatic N) is 2. The molecule has 0 atom stereocenters. The van der Waals surface area contributed by atoms with Crippen LogP contribution in [0.25, 0.3) is 11.4 Å². The molecule has 3 aromatic carbocycles. The van der Waals surface area contributed by atoms with Crippen molar-refractivity contribution in [1.29, 1.82) is 0 Å². The number of hydrogen-bond acceptors (Lipinski definition) is 8. The van der Waals surface area contributed by atoms with Crippen molar-refractivity contribution in [2.24, 2.45) is 0 Å². The number of rotatable bonds is 10. The van der Waals surface area contributed by atoms with Crippen molar-refractivity contribution in [1.82, 2.24) is 10.1 Å². The van der Waals surface area contributed by atoms with Gasteiger partial charge in [0.15, 0.2) is 13.2 Å². The van der Waals surface area contributed by atoms with Crippen LogP contribution in [-0.4, -0.2) is 29.8 Å². The number of hydrogen-bond donors (Lipinski definition) is 0. The van der Waals surface area contributed by atoms with Crippen LogP contribution in [0.15, 0.2) is 83.4 Å². The Balaban J connectivity index is 1.20. The Morgan fingerprint density at radius 2 is 1.48 bits per heavy atom. The Morgan fingerprint density at radius 3 is 2.18 bits per heavy atom. The molecule has 0 radical (unpaired) electrons. The molecule has 1 heterocycles. The van der Waals surface area contributed by atoms with Crippen molar-refractivity contribution < 1.29 is 28.3 Å². The Bertz CT molecular complexity index is 1160. The summed E-state index contributed by atoms with van der Waals surface area (Å²) in [7, 11) is 1.59. The van der Waals surface area contributed by atoms with Gasteiger partial charge in [0.05, 0.1) is 7.11 Å². The van der Waals surface area contributed by atoms with Crippen LogP contribution in [0, 0.1) is 0 Å². The molecule has 0 saturated heterocycles. The Hall–Kier alpha value is -4.33. The first kappa shape index (κ1) is 21.9. The van der Waals surface area contributed by atoms with E-state index in [9.17, 15) is 4.79 Å². The molecule has 33 heavy (non-hydrogen) atoms. The molecule has 0 aliphatic rings. The molecule has 8 nitrogen and oxygen atoms in total. The maximum atomic E-state index is 12.0. The van der Waals surface area contributed by atoms with Crippen LogP contribution in [-0.2, 0) is 22.7 Å². The van der Waals surface area contributed by atoms with Gasteiger partial charge in [0.2, 0.25) is 5.82 Å². The molecule has 8 heteroatoms. The van der Waals surface area contributed by atoms with Gasteiger partial charge in [-0.1, -0.05) is 35.5 Å². The van der Waals surface area contributed by atoms with Gasteiger partial charge < -0.3 is 23.5 Å². The molecule has 0 bridgehead atoms. The van der Waals surface area contributed by atoms with Crippen LogP contribution in [0.2, 0.25) is 0 Å². The summed E-state index contributed by atoms with van der Waals surface area (Å²) in [6.45, 7) is 0.0878. The third kappa shape index (κ3) is 6.33. The summed E-state index contributed by atoms with van der Waals surface area (Å²) in [6, 6.07) is 24.1. The molecule has 168 valence electrons. The van der Waals surface area contributed by atoms with Crippen molar-refractivity contribution in [2.45, 2.75) is 13.2 Å². The lowest BCUT2D eigenvalue weighted by Gasteiger charge is -2.08. The van der Waals surface area contributed by atoms with Gasteiger partial charge in [0.25, 0.3) is 5.89 Å². The zero-order valence-corrected chi connectivity index (χ0v) is 18.0. The molecule has 0 spiro atoms. The zero-order valence-electron chi connectivity index (χ0n) is 18.0. The Labute approximate surface area is 190 Å². The summed E-state index contributed by atoms with van der Waals surface area (Å²) < 4.78 is 26.6. The highest BCUT2D eigenvalue weighted by Crippen LogP contribution is 2.20. The normalized spacial score (nSPS) is 10.5. The van der Waals surface area contributed by atoms with Crippen LogP contribution < -0.4 is 14.2 Å². The highest BCUT2D eigenvalue weighted by atomic mass is 16.6. The van der Waals surface area contributed by atoms with Gasteiger partial charge in [0, 0.05) is 5.56 Å². The van der Waals surface area contributed by atoms with E-state index in [2.05, 4.69) is 10.1 Å². The van der Waals surface area contributed by atoms with Gasteiger partial charge in [-0.05, 0) is 54.1 Å². The average molecular weight is 446 g/mol. The van der Waals surface area contributed by atoms with Crippen LogP contribution in [0.4, 0.5) is 0 Å². The predicted molar refractivity (Wildman–Crippen MR) is 119 cm³/mol. The largest absolute Gasteiger partial charge is 0.497 e. The van der Waals surface area contributed by atoms with Crippen molar-refractivity contribution in [3.05, 3.63) is 90.3 Å². The van der Waals surface area contributed by atoms with Crippen LogP contribution >= 0.6 is 0 Å². The lowest BCUT2D eigenvalue weighted by Crippen LogP contribution is -2.14. The number of ether oxygens (including phenoxy) is 4. The number of methoxy groups -OCH3 is 1. The van der Waals surface area contributed by atoms with Gasteiger partial charge in [-0.3, -0.25) is 0 Å². The predicted octanol–water partition coefficient (Wildman–Crippen LogP) is 4.45. The Morgan fingerprint density at radius 1 is 0.818 bits per heavy atom. The van der Waals surface area contributed by atoms with E-state index in [-0.39, 0.29) is 19.1 Å². The second-order valence-electron chi connectivity index (χ2n) is 6.94. The van der Waals surface area contributed by atoms with Crippen molar-refractivity contribution in [2.75, 3.05) is 13.7 Å². The molecule has 4 aromatic rings. The molecular formula is C25H22N2O6. The van der Waals surface area contributed by atoms with Crippen molar-refractivity contribution >= 4 is 5.97 Å². The van der Waals surface area contributed by atoms with E-state index in [0.29, 0.717) is 23.9 Å². The van der Waals surface area contributed by atoms with Gasteiger partial charge in [-0.25, -0.2) is 4.79 Å². The van der Waals surface area contributed by atoms with E-state index < -0.39 is 5.97 Å². The third-order valence-electron chi connectivity index (χ3n) is 4.60. The third-order valence-corrected chi connectivity index (χ3v) is 4.60. The summed E-state index contributed by atoms with van der Waals surface area (Å²) in [6.07, 6.45) is 0. The average Bonchev–Trinajstić information content (AvgIpc) is 3.35. The molecule has 0 fully saturated rings. The minimum Gasteiger partial charge on any atom is -0.497 e. The quantitative estimate of drug-likeness (QED) is 0.330. The number of aromatic nitrogens is 2. The smallest absolute Gasteiger partial charge is 0.344 e. The summed E-state index contributed by atoms with van der Waals surface area (Å²) in [5.74, 6) is 1.99. The molecular weight excluding hydrogens is 424 g/mol. The fourth-order valence-corrected chi connectivity index (χ4v) is 2.87.